The van der Waals surface area contributed by atoms with Gasteiger partial charge in [0.2, 0.25) is 11.8 Å². The molecule has 0 aromatic heterocycles. The molecule has 0 heterocycles. The molecule has 6 heteroatoms. The topological polar surface area (TPSA) is 67.9 Å². The maximum absolute atomic E-state index is 12.5. The second-order valence-electron chi connectivity index (χ2n) is 6.01. The molecule has 0 fully saturated rings. The van der Waals surface area contributed by atoms with Gasteiger partial charge in [-0.1, -0.05) is 17.7 Å². The Hall–Kier alpha value is -3.02. The lowest BCUT2D eigenvalue weighted by Crippen LogP contribution is -2.37. The van der Waals surface area contributed by atoms with Gasteiger partial charge >= 0.3 is 0 Å². The molecule has 26 heavy (non-hydrogen) atoms. The molecule has 0 radical (unpaired) electrons. The summed E-state index contributed by atoms with van der Waals surface area (Å²) < 4.78 is 10.5. The molecule has 0 atom stereocenters. The fourth-order valence-corrected chi connectivity index (χ4v) is 2.66. The van der Waals surface area contributed by atoms with Crippen molar-refractivity contribution in [3.63, 3.8) is 0 Å². The highest BCUT2D eigenvalue weighted by molar-refractivity contribution is 6.03. The molecule has 138 valence electrons. The molecule has 0 saturated heterocycles. The summed E-state index contributed by atoms with van der Waals surface area (Å²) in [4.78, 5) is 26.0. The van der Waals surface area contributed by atoms with Gasteiger partial charge in [0.25, 0.3) is 0 Å². The Morgan fingerprint density at radius 3 is 2.35 bits per heavy atom. The van der Waals surface area contributed by atoms with Gasteiger partial charge < -0.3 is 14.8 Å². The zero-order chi connectivity index (χ0) is 19.3. The first-order valence-electron chi connectivity index (χ1n) is 8.23. The van der Waals surface area contributed by atoms with Crippen LogP contribution in [-0.4, -0.2) is 32.6 Å². The van der Waals surface area contributed by atoms with E-state index < -0.39 is 0 Å². The second-order valence-corrected chi connectivity index (χ2v) is 6.01. The largest absolute Gasteiger partial charge is 0.497 e. The Balaban J connectivity index is 2.25. The average Bonchev–Trinajstić information content (AvgIpc) is 2.61. The fraction of sp³-hybridized carbons (Fsp3) is 0.300. The predicted molar refractivity (Wildman–Crippen MR) is 102 cm³/mol. The van der Waals surface area contributed by atoms with Crippen LogP contribution in [0.2, 0.25) is 0 Å². The van der Waals surface area contributed by atoms with E-state index in [9.17, 15) is 9.59 Å². The van der Waals surface area contributed by atoms with Crippen LogP contribution in [0.1, 0.15) is 18.1 Å². The molecular weight excluding hydrogens is 332 g/mol. The third-order valence-corrected chi connectivity index (χ3v) is 4.01. The number of hydrogen-bond donors (Lipinski definition) is 1. The number of hydrogen-bond acceptors (Lipinski definition) is 4. The summed E-state index contributed by atoms with van der Waals surface area (Å²) in [6, 6.07) is 10.9. The first kappa shape index (κ1) is 19.3. The molecule has 0 unspecified atom stereocenters. The number of rotatable bonds is 6. The van der Waals surface area contributed by atoms with Crippen LogP contribution in [0.15, 0.2) is 36.4 Å². The Morgan fingerprint density at radius 1 is 1.04 bits per heavy atom. The molecule has 2 aromatic rings. The summed E-state index contributed by atoms with van der Waals surface area (Å²) in [5.41, 5.74) is 3.29. The van der Waals surface area contributed by atoms with E-state index in [0.29, 0.717) is 17.2 Å². The monoisotopic (exact) mass is 356 g/mol. The van der Waals surface area contributed by atoms with Crippen molar-refractivity contribution in [1.29, 1.82) is 0 Å². The van der Waals surface area contributed by atoms with Crippen LogP contribution in [0.3, 0.4) is 0 Å². The van der Waals surface area contributed by atoms with Crippen LogP contribution < -0.4 is 19.7 Å². The highest BCUT2D eigenvalue weighted by Crippen LogP contribution is 2.32. The quantitative estimate of drug-likeness (QED) is 0.862. The van der Waals surface area contributed by atoms with E-state index in [1.54, 1.807) is 18.2 Å². The number of nitrogens with zero attached hydrogens (tertiary/aromatic N) is 1. The minimum atomic E-state index is -0.294. The van der Waals surface area contributed by atoms with Gasteiger partial charge in [-0.3, -0.25) is 14.5 Å². The zero-order valence-corrected chi connectivity index (χ0v) is 15.8. The van der Waals surface area contributed by atoms with E-state index in [4.69, 9.17) is 9.47 Å². The third kappa shape index (κ3) is 4.53. The van der Waals surface area contributed by atoms with Crippen LogP contribution in [0, 0.1) is 13.8 Å². The van der Waals surface area contributed by atoms with E-state index in [-0.39, 0.29) is 18.4 Å². The van der Waals surface area contributed by atoms with Gasteiger partial charge in [-0.2, -0.15) is 0 Å². The number of methoxy groups -OCH3 is 2. The SMILES string of the molecule is COc1ccc(OC)c(N(CC(=O)Nc2ccc(C)cc2C)C(C)=O)c1. The van der Waals surface area contributed by atoms with Crippen molar-refractivity contribution in [1.82, 2.24) is 0 Å². The molecular formula is C20H24N2O4. The van der Waals surface area contributed by atoms with Gasteiger partial charge in [0.05, 0.1) is 19.9 Å². The van der Waals surface area contributed by atoms with Crippen molar-refractivity contribution >= 4 is 23.2 Å². The van der Waals surface area contributed by atoms with Gasteiger partial charge in [-0.25, -0.2) is 0 Å². The lowest BCUT2D eigenvalue weighted by atomic mass is 10.1. The van der Waals surface area contributed by atoms with Crippen LogP contribution in [0.5, 0.6) is 11.5 Å². The van der Waals surface area contributed by atoms with E-state index in [0.717, 1.165) is 16.8 Å². The second kappa shape index (κ2) is 8.38. The molecule has 0 bridgehead atoms. The van der Waals surface area contributed by atoms with Gasteiger partial charge in [-0.05, 0) is 37.6 Å². The molecule has 2 rings (SSSR count). The van der Waals surface area contributed by atoms with Crippen molar-refractivity contribution in [2.75, 3.05) is 31.0 Å². The van der Waals surface area contributed by atoms with Crippen LogP contribution in [-0.2, 0) is 9.59 Å². The van der Waals surface area contributed by atoms with Crippen molar-refractivity contribution < 1.29 is 19.1 Å². The summed E-state index contributed by atoms with van der Waals surface area (Å²) in [6.45, 7) is 5.19. The maximum atomic E-state index is 12.5. The number of carbonyl (C=O) groups excluding carboxylic acids is 2. The van der Waals surface area contributed by atoms with Crippen molar-refractivity contribution in [2.45, 2.75) is 20.8 Å². The van der Waals surface area contributed by atoms with Crippen molar-refractivity contribution in [3.05, 3.63) is 47.5 Å². The molecule has 0 aliphatic carbocycles. The summed E-state index contributed by atoms with van der Waals surface area (Å²) in [7, 11) is 3.05. The number of anilines is 2. The number of aryl methyl sites for hydroxylation is 2. The maximum Gasteiger partial charge on any atom is 0.244 e. The number of amides is 2. The molecule has 0 saturated carbocycles. The van der Waals surface area contributed by atoms with Gasteiger partial charge in [0.15, 0.2) is 0 Å². The molecule has 0 aliphatic rings. The number of benzene rings is 2. The van der Waals surface area contributed by atoms with Gasteiger partial charge in [-0.15, -0.1) is 0 Å². The van der Waals surface area contributed by atoms with E-state index in [1.807, 2.05) is 32.0 Å². The summed E-state index contributed by atoms with van der Waals surface area (Å²) in [5.74, 6) is 0.492. The average molecular weight is 356 g/mol. The lowest BCUT2D eigenvalue weighted by Gasteiger charge is -2.23. The molecule has 1 N–H and O–H groups in total. The molecule has 2 amide bonds. The van der Waals surface area contributed by atoms with Crippen LogP contribution in [0.25, 0.3) is 0 Å². The number of nitrogens with one attached hydrogen (secondary N) is 1. The predicted octanol–water partition coefficient (Wildman–Crippen LogP) is 3.31. The normalized spacial score (nSPS) is 10.2. The summed E-state index contributed by atoms with van der Waals surface area (Å²) in [6.07, 6.45) is 0. The minimum Gasteiger partial charge on any atom is -0.497 e. The minimum absolute atomic E-state index is 0.133. The fourth-order valence-electron chi connectivity index (χ4n) is 2.66. The van der Waals surface area contributed by atoms with E-state index in [2.05, 4.69) is 5.32 Å². The van der Waals surface area contributed by atoms with E-state index in [1.165, 1.54) is 26.0 Å². The van der Waals surface area contributed by atoms with E-state index >= 15 is 0 Å². The van der Waals surface area contributed by atoms with Gasteiger partial charge in [0, 0.05) is 18.7 Å². The van der Waals surface area contributed by atoms with Crippen LogP contribution >= 0.6 is 0 Å². The lowest BCUT2D eigenvalue weighted by molar-refractivity contribution is -0.120. The number of carbonyl (C=O) groups is 2. The molecule has 0 aliphatic heterocycles. The van der Waals surface area contributed by atoms with Crippen molar-refractivity contribution in [2.24, 2.45) is 0 Å². The number of ether oxygens (including phenoxy) is 2. The highest BCUT2D eigenvalue weighted by atomic mass is 16.5. The standard InChI is InChI=1S/C20H24N2O4/c1-13-6-8-17(14(2)10-13)21-20(24)12-22(15(3)23)18-11-16(25-4)7-9-19(18)26-5/h6-11H,12H2,1-5H3,(H,21,24). The molecule has 0 spiro atoms. The third-order valence-electron chi connectivity index (χ3n) is 4.01. The highest BCUT2D eigenvalue weighted by Gasteiger charge is 2.20. The zero-order valence-electron chi connectivity index (χ0n) is 15.8. The first-order chi connectivity index (χ1) is 12.3. The smallest absolute Gasteiger partial charge is 0.244 e. The Kier molecular flexibility index (Phi) is 6.22. The van der Waals surface area contributed by atoms with Crippen LogP contribution in [0.4, 0.5) is 11.4 Å². The Morgan fingerprint density at radius 2 is 1.77 bits per heavy atom. The summed E-state index contributed by atoms with van der Waals surface area (Å²) >= 11 is 0. The summed E-state index contributed by atoms with van der Waals surface area (Å²) in [5, 5.41) is 2.85. The molecule has 2 aromatic carbocycles. The molecule has 6 nitrogen and oxygen atoms in total. The Bertz CT molecular complexity index is 817. The van der Waals surface area contributed by atoms with Crippen molar-refractivity contribution in [3.8, 4) is 11.5 Å². The Labute approximate surface area is 153 Å². The first-order valence-corrected chi connectivity index (χ1v) is 8.23. The van der Waals surface area contributed by atoms with Gasteiger partial charge in [0.1, 0.15) is 18.0 Å².